The molecule has 1 amide bonds. The van der Waals surface area contributed by atoms with E-state index in [1.54, 1.807) is 37.6 Å². The summed E-state index contributed by atoms with van der Waals surface area (Å²) >= 11 is 5.75. The quantitative estimate of drug-likeness (QED) is 0.905. The second-order valence-corrected chi connectivity index (χ2v) is 4.19. The zero-order valence-corrected chi connectivity index (χ0v) is 11.2. The van der Waals surface area contributed by atoms with E-state index in [2.05, 4.69) is 10.3 Å². The lowest BCUT2D eigenvalue weighted by molar-refractivity contribution is 0.102. The van der Waals surface area contributed by atoms with Crippen LogP contribution in [-0.4, -0.2) is 25.1 Å². The van der Waals surface area contributed by atoms with E-state index in [9.17, 15) is 4.79 Å². The zero-order valence-electron chi connectivity index (χ0n) is 10.5. The van der Waals surface area contributed by atoms with Gasteiger partial charge < -0.3 is 19.8 Å². The van der Waals surface area contributed by atoms with E-state index in [1.165, 1.54) is 7.11 Å². The molecule has 0 atom stereocenters. The molecule has 0 aliphatic heterocycles. The Morgan fingerprint density at radius 2 is 1.95 bits per heavy atom. The van der Waals surface area contributed by atoms with Crippen LogP contribution in [0, 0.1) is 0 Å². The number of amides is 1. The van der Waals surface area contributed by atoms with Crippen molar-refractivity contribution in [3.05, 3.63) is 41.2 Å². The number of rotatable bonds is 4. The molecule has 1 aromatic heterocycles. The van der Waals surface area contributed by atoms with E-state index < -0.39 is 0 Å². The van der Waals surface area contributed by atoms with Gasteiger partial charge in [-0.3, -0.25) is 4.79 Å². The Hall–Kier alpha value is -2.14. The van der Waals surface area contributed by atoms with Gasteiger partial charge in [0.05, 0.1) is 19.2 Å². The molecule has 0 bridgehead atoms. The minimum Gasteiger partial charge on any atom is -0.493 e. The number of halogens is 1. The maximum Gasteiger partial charge on any atom is 0.272 e. The van der Waals surface area contributed by atoms with Crippen LogP contribution in [0.4, 0.5) is 5.69 Å². The lowest BCUT2D eigenvalue weighted by atomic mass is 10.2. The molecule has 0 unspecified atom stereocenters. The van der Waals surface area contributed by atoms with Crippen molar-refractivity contribution < 1.29 is 14.3 Å². The molecule has 0 saturated heterocycles. The summed E-state index contributed by atoms with van der Waals surface area (Å²) in [7, 11) is 3.09. The minimum absolute atomic E-state index is 0.279. The van der Waals surface area contributed by atoms with Crippen LogP contribution in [0.1, 0.15) is 10.5 Å². The minimum atomic E-state index is -0.279. The fourth-order valence-corrected chi connectivity index (χ4v) is 1.78. The van der Waals surface area contributed by atoms with Crippen LogP contribution in [0.15, 0.2) is 30.5 Å². The monoisotopic (exact) mass is 280 g/mol. The largest absolute Gasteiger partial charge is 0.493 e. The predicted octanol–water partition coefficient (Wildman–Crippen LogP) is 2.94. The number of nitrogens with one attached hydrogen (secondary N) is 2. The predicted molar refractivity (Wildman–Crippen MR) is 73.3 cm³/mol. The first-order valence-corrected chi connectivity index (χ1v) is 5.89. The average molecular weight is 281 g/mol. The summed E-state index contributed by atoms with van der Waals surface area (Å²) in [6, 6.07) is 6.68. The van der Waals surface area contributed by atoms with E-state index >= 15 is 0 Å². The smallest absolute Gasteiger partial charge is 0.272 e. The van der Waals surface area contributed by atoms with Gasteiger partial charge in [-0.1, -0.05) is 11.6 Å². The van der Waals surface area contributed by atoms with Gasteiger partial charge in [-0.15, -0.1) is 0 Å². The van der Waals surface area contributed by atoms with Crippen LogP contribution in [-0.2, 0) is 0 Å². The molecule has 0 radical (unpaired) electrons. The van der Waals surface area contributed by atoms with E-state index in [0.29, 0.717) is 27.9 Å². The number of ether oxygens (including phenoxy) is 2. The Labute approximate surface area is 115 Å². The van der Waals surface area contributed by atoms with Crippen molar-refractivity contribution in [3.8, 4) is 11.5 Å². The van der Waals surface area contributed by atoms with Gasteiger partial charge in [0.25, 0.3) is 5.91 Å². The van der Waals surface area contributed by atoms with Gasteiger partial charge in [-0.2, -0.15) is 0 Å². The number of carbonyl (C=O) groups excluding carboxylic acids is 1. The van der Waals surface area contributed by atoms with E-state index in [1.807, 2.05) is 0 Å². The van der Waals surface area contributed by atoms with Crippen molar-refractivity contribution in [1.82, 2.24) is 4.98 Å². The summed E-state index contributed by atoms with van der Waals surface area (Å²) in [4.78, 5) is 14.7. The molecule has 5 nitrogen and oxygen atoms in total. The van der Waals surface area contributed by atoms with Crippen molar-refractivity contribution in [1.29, 1.82) is 0 Å². The van der Waals surface area contributed by atoms with Gasteiger partial charge in [0.2, 0.25) is 0 Å². The number of anilines is 1. The van der Waals surface area contributed by atoms with E-state index in [-0.39, 0.29) is 5.91 Å². The Kier molecular flexibility index (Phi) is 3.97. The van der Waals surface area contributed by atoms with Crippen LogP contribution >= 0.6 is 11.6 Å². The molecule has 2 rings (SSSR count). The summed E-state index contributed by atoms with van der Waals surface area (Å²) < 4.78 is 10.3. The van der Waals surface area contributed by atoms with E-state index in [4.69, 9.17) is 21.1 Å². The number of hydrogen-bond donors (Lipinski definition) is 2. The highest BCUT2D eigenvalue weighted by atomic mass is 35.5. The van der Waals surface area contributed by atoms with E-state index in [0.717, 1.165) is 0 Å². The third-order valence-corrected chi connectivity index (χ3v) is 2.75. The Bertz CT molecular complexity index is 595. The summed E-state index contributed by atoms with van der Waals surface area (Å²) in [5.74, 6) is 0.868. The molecule has 1 aromatic carbocycles. The molecule has 1 heterocycles. The number of benzene rings is 1. The zero-order chi connectivity index (χ0) is 13.8. The van der Waals surface area contributed by atoms with Crippen molar-refractivity contribution in [2.75, 3.05) is 19.5 Å². The fraction of sp³-hybridized carbons (Fsp3) is 0.154. The molecule has 2 N–H and O–H groups in total. The maximum absolute atomic E-state index is 11.9. The van der Waals surface area contributed by atoms with Crippen molar-refractivity contribution in [2.24, 2.45) is 0 Å². The second kappa shape index (κ2) is 5.67. The number of hydrogen-bond acceptors (Lipinski definition) is 3. The van der Waals surface area contributed by atoms with Gasteiger partial charge in [0.1, 0.15) is 5.69 Å². The van der Waals surface area contributed by atoms with Crippen LogP contribution in [0.3, 0.4) is 0 Å². The summed E-state index contributed by atoms with van der Waals surface area (Å²) in [6.45, 7) is 0. The highest BCUT2D eigenvalue weighted by Crippen LogP contribution is 2.29. The molecule has 100 valence electrons. The van der Waals surface area contributed by atoms with Crippen molar-refractivity contribution >= 4 is 23.2 Å². The fourth-order valence-electron chi connectivity index (χ4n) is 1.61. The topological polar surface area (TPSA) is 63.3 Å². The van der Waals surface area contributed by atoms with Crippen LogP contribution < -0.4 is 14.8 Å². The van der Waals surface area contributed by atoms with Gasteiger partial charge in [-0.25, -0.2) is 0 Å². The first-order valence-electron chi connectivity index (χ1n) is 5.51. The normalized spacial score (nSPS) is 10.1. The number of H-pyrrole nitrogens is 1. The molecule has 0 fully saturated rings. The standard InChI is InChI=1S/C13H13ClN2O3/c1-18-11-4-3-9(6-12(11)19-2)16-13(17)10-5-8(14)7-15-10/h3-7,15H,1-2H3,(H,16,17). The average Bonchev–Trinajstić information content (AvgIpc) is 2.85. The van der Waals surface area contributed by atoms with Gasteiger partial charge >= 0.3 is 0 Å². The number of carbonyl (C=O) groups is 1. The number of aromatic amines is 1. The Morgan fingerprint density at radius 1 is 1.21 bits per heavy atom. The number of methoxy groups -OCH3 is 2. The lowest BCUT2D eigenvalue weighted by Gasteiger charge is -2.10. The van der Waals surface area contributed by atoms with Gasteiger partial charge in [-0.05, 0) is 18.2 Å². The lowest BCUT2D eigenvalue weighted by Crippen LogP contribution is -2.12. The van der Waals surface area contributed by atoms with Gasteiger partial charge in [0, 0.05) is 18.0 Å². The number of aromatic nitrogens is 1. The Morgan fingerprint density at radius 3 is 2.53 bits per heavy atom. The van der Waals surface area contributed by atoms with Crippen LogP contribution in [0.2, 0.25) is 5.02 Å². The van der Waals surface area contributed by atoms with Crippen LogP contribution in [0.25, 0.3) is 0 Å². The molecule has 0 saturated carbocycles. The molecule has 19 heavy (non-hydrogen) atoms. The highest BCUT2D eigenvalue weighted by molar-refractivity contribution is 6.31. The Balaban J connectivity index is 2.17. The van der Waals surface area contributed by atoms with Crippen LogP contribution in [0.5, 0.6) is 11.5 Å². The highest BCUT2D eigenvalue weighted by Gasteiger charge is 2.10. The molecule has 0 spiro atoms. The first kappa shape index (κ1) is 13.3. The summed E-state index contributed by atoms with van der Waals surface area (Å²) in [5, 5.41) is 3.22. The third-order valence-electron chi connectivity index (χ3n) is 2.53. The molecular formula is C13H13ClN2O3. The summed E-state index contributed by atoms with van der Waals surface area (Å²) in [6.07, 6.45) is 1.55. The molecule has 6 heteroatoms. The molecule has 0 aliphatic rings. The molecule has 2 aromatic rings. The first-order chi connectivity index (χ1) is 9.13. The third kappa shape index (κ3) is 3.00. The second-order valence-electron chi connectivity index (χ2n) is 3.76. The molecule has 0 aliphatic carbocycles. The maximum atomic E-state index is 11.9. The van der Waals surface area contributed by atoms with Gasteiger partial charge in [0.15, 0.2) is 11.5 Å². The summed E-state index contributed by atoms with van der Waals surface area (Å²) in [5.41, 5.74) is 0.994. The van der Waals surface area contributed by atoms with Crippen molar-refractivity contribution in [3.63, 3.8) is 0 Å². The van der Waals surface area contributed by atoms with Crippen molar-refractivity contribution in [2.45, 2.75) is 0 Å². The molecular weight excluding hydrogens is 268 g/mol. The SMILES string of the molecule is COc1ccc(NC(=O)c2cc(Cl)c[nH]2)cc1OC.